The van der Waals surface area contributed by atoms with Gasteiger partial charge in [0.25, 0.3) is 0 Å². The van der Waals surface area contributed by atoms with Crippen LogP contribution in [0.1, 0.15) is 13.3 Å². The van der Waals surface area contributed by atoms with Gasteiger partial charge < -0.3 is 20.7 Å². The number of nitrogens with one attached hydrogen (secondary N) is 1. The van der Waals surface area contributed by atoms with Crippen molar-refractivity contribution in [1.82, 2.24) is 20.3 Å². The summed E-state index contributed by atoms with van der Waals surface area (Å²) < 4.78 is 5.09. The van der Waals surface area contributed by atoms with E-state index in [1.807, 2.05) is 6.07 Å². The lowest BCUT2D eigenvalue weighted by Gasteiger charge is -2.41. The highest BCUT2D eigenvalue weighted by molar-refractivity contribution is 5.88. The fourth-order valence-electron chi connectivity index (χ4n) is 3.55. The molecule has 8 nitrogen and oxygen atoms in total. The van der Waals surface area contributed by atoms with E-state index in [1.165, 1.54) is 0 Å². The molecule has 2 aromatic heterocycles. The lowest BCUT2D eigenvalue weighted by molar-refractivity contribution is -0.144. The number of amides is 1. The highest BCUT2D eigenvalue weighted by Crippen LogP contribution is 2.27. The van der Waals surface area contributed by atoms with E-state index in [2.05, 4.69) is 32.1 Å². The Kier molecular flexibility index (Phi) is 4.01. The van der Waals surface area contributed by atoms with Crippen molar-refractivity contribution in [2.75, 3.05) is 31.2 Å². The van der Waals surface area contributed by atoms with Crippen LogP contribution >= 0.6 is 0 Å². The number of carbonyl (C=O) groups is 1. The lowest BCUT2D eigenvalue weighted by Crippen LogP contribution is -2.68. The zero-order valence-corrected chi connectivity index (χ0v) is 14.2. The van der Waals surface area contributed by atoms with Crippen LogP contribution in [0.5, 0.6) is 0 Å². The second-order valence-electron chi connectivity index (χ2n) is 7.12. The first kappa shape index (κ1) is 16.2. The van der Waals surface area contributed by atoms with Crippen LogP contribution in [0.4, 0.5) is 5.69 Å². The van der Waals surface area contributed by atoms with Crippen molar-refractivity contribution >= 4 is 22.8 Å². The van der Waals surface area contributed by atoms with E-state index in [4.69, 9.17) is 10.5 Å². The molecule has 25 heavy (non-hydrogen) atoms. The predicted molar refractivity (Wildman–Crippen MR) is 93.0 cm³/mol. The molecular weight excluding hydrogens is 320 g/mol. The Bertz CT molecular complexity index is 788. The van der Waals surface area contributed by atoms with E-state index < -0.39 is 5.54 Å². The third-order valence-electron chi connectivity index (χ3n) is 4.86. The molecule has 2 atom stereocenters. The number of hydrogen-bond acceptors (Lipinski definition) is 7. The van der Waals surface area contributed by atoms with Gasteiger partial charge in [0.2, 0.25) is 5.91 Å². The van der Waals surface area contributed by atoms with E-state index in [0.717, 1.165) is 24.2 Å². The number of hydrogen-bond donors (Lipinski definition) is 2. The summed E-state index contributed by atoms with van der Waals surface area (Å²) in [6.45, 7) is 4.37. The average molecular weight is 342 g/mol. The van der Waals surface area contributed by atoms with Crippen LogP contribution < -0.4 is 16.0 Å². The summed E-state index contributed by atoms with van der Waals surface area (Å²) in [6.07, 6.45) is 5.99. The number of nitrogens with two attached hydrogens (primary N) is 1. The van der Waals surface area contributed by atoms with Gasteiger partial charge in [-0.15, -0.1) is 0 Å². The molecule has 0 aliphatic carbocycles. The molecule has 3 N–H and O–H groups in total. The average Bonchev–Trinajstić information content (AvgIpc) is 2.58. The number of fused-ring (bicyclic) bond motifs is 1. The van der Waals surface area contributed by atoms with Gasteiger partial charge >= 0.3 is 0 Å². The number of ether oxygens (including phenoxy) is 1. The van der Waals surface area contributed by atoms with Crippen molar-refractivity contribution in [2.24, 2.45) is 11.7 Å². The maximum atomic E-state index is 12.4. The predicted octanol–water partition coefficient (Wildman–Crippen LogP) is 0.0835. The second-order valence-corrected chi connectivity index (χ2v) is 7.12. The van der Waals surface area contributed by atoms with Crippen LogP contribution in [0.3, 0.4) is 0 Å². The Hall–Kier alpha value is -2.32. The molecule has 0 bridgehead atoms. The summed E-state index contributed by atoms with van der Waals surface area (Å²) in [7, 11) is 0. The topological polar surface area (TPSA) is 106 Å². The summed E-state index contributed by atoms with van der Waals surface area (Å²) in [6, 6.07) is 2.00. The minimum absolute atomic E-state index is 0.0390. The van der Waals surface area contributed by atoms with E-state index in [0.29, 0.717) is 18.1 Å². The van der Waals surface area contributed by atoms with Gasteiger partial charge in [-0.25, -0.2) is 15.0 Å². The summed E-state index contributed by atoms with van der Waals surface area (Å²) in [5.41, 5.74) is 7.58. The Labute approximate surface area is 145 Å². The van der Waals surface area contributed by atoms with E-state index in [-0.39, 0.29) is 25.2 Å². The molecule has 0 unspecified atom stereocenters. The number of pyridine rings is 1. The van der Waals surface area contributed by atoms with Gasteiger partial charge in [0.05, 0.1) is 18.9 Å². The SMILES string of the molecule is C[C@H]1C[C@@H](NC(=O)C2(N)COC2)CN(c2ccnc3nccnc23)C1. The maximum absolute atomic E-state index is 12.4. The third kappa shape index (κ3) is 3.03. The molecule has 2 fully saturated rings. The smallest absolute Gasteiger partial charge is 0.245 e. The minimum Gasteiger partial charge on any atom is -0.376 e. The summed E-state index contributed by atoms with van der Waals surface area (Å²) >= 11 is 0. The van der Waals surface area contributed by atoms with Crippen molar-refractivity contribution in [1.29, 1.82) is 0 Å². The number of anilines is 1. The van der Waals surface area contributed by atoms with Crippen molar-refractivity contribution in [3.63, 3.8) is 0 Å². The first-order chi connectivity index (χ1) is 12.0. The second kappa shape index (κ2) is 6.20. The number of nitrogens with zero attached hydrogens (tertiary/aromatic N) is 4. The van der Waals surface area contributed by atoms with E-state index in [9.17, 15) is 4.79 Å². The maximum Gasteiger partial charge on any atom is 0.245 e. The van der Waals surface area contributed by atoms with Crippen LogP contribution in [-0.2, 0) is 9.53 Å². The molecule has 8 heteroatoms. The molecule has 4 heterocycles. The Morgan fingerprint density at radius 3 is 2.80 bits per heavy atom. The molecule has 2 aliphatic heterocycles. The van der Waals surface area contributed by atoms with Crippen LogP contribution in [0.15, 0.2) is 24.7 Å². The standard InChI is InChI=1S/C17H22N6O2/c1-11-6-12(22-16(24)17(18)9-25-10-17)8-23(7-11)13-2-3-20-15-14(13)19-4-5-21-15/h2-5,11-12H,6-10,18H2,1H3,(H,22,24)/t11-,12+/m0/s1. The summed E-state index contributed by atoms with van der Waals surface area (Å²) in [4.78, 5) is 27.6. The first-order valence-electron chi connectivity index (χ1n) is 8.53. The monoisotopic (exact) mass is 342 g/mol. The largest absolute Gasteiger partial charge is 0.376 e. The third-order valence-corrected chi connectivity index (χ3v) is 4.86. The fourth-order valence-corrected chi connectivity index (χ4v) is 3.55. The van der Waals surface area contributed by atoms with Crippen molar-refractivity contribution < 1.29 is 9.53 Å². The Morgan fingerprint density at radius 1 is 1.28 bits per heavy atom. The first-order valence-corrected chi connectivity index (χ1v) is 8.53. The Balaban J connectivity index is 1.55. The van der Waals surface area contributed by atoms with Gasteiger partial charge in [-0.3, -0.25) is 4.79 Å². The lowest BCUT2D eigenvalue weighted by atomic mass is 9.93. The number of aromatic nitrogens is 3. The number of carbonyl (C=O) groups excluding carboxylic acids is 1. The molecule has 2 saturated heterocycles. The van der Waals surface area contributed by atoms with Gasteiger partial charge in [0, 0.05) is 37.7 Å². The fraction of sp³-hybridized carbons (Fsp3) is 0.529. The molecule has 4 rings (SSSR count). The van der Waals surface area contributed by atoms with Crippen molar-refractivity contribution in [3.05, 3.63) is 24.7 Å². The highest BCUT2D eigenvalue weighted by Gasteiger charge is 2.43. The highest BCUT2D eigenvalue weighted by atomic mass is 16.5. The molecule has 0 spiro atoms. The normalized spacial score (nSPS) is 25.4. The van der Waals surface area contributed by atoms with Crippen LogP contribution in [-0.4, -0.2) is 58.7 Å². The minimum atomic E-state index is -0.875. The molecule has 0 aromatic carbocycles. The molecule has 132 valence electrons. The van der Waals surface area contributed by atoms with Crippen LogP contribution in [0.2, 0.25) is 0 Å². The van der Waals surface area contributed by atoms with E-state index >= 15 is 0 Å². The molecule has 2 aromatic rings. The summed E-state index contributed by atoms with van der Waals surface area (Å²) in [5.74, 6) is 0.308. The quantitative estimate of drug-likeness (QED) is 0.814. The molecule has 2 aliphatic rings. The molecule has 0 saturated carbocycles. The molecule has 0 radical (unpaired) electrons. The van der Waals surface area contributed by atoms with Gasteiger partial charge in [0.15, 0.2) is 5.65 Å². The number of piperidine rings is 1. The summed E-state index contributed by atoms with van der Waals surface area (Å²) in [5, 5.41) is 3.10. The van der Waals surface area contributed by atoms with Gasteiger partial charge in [-0.1, -0.05) is 6.92 Å². The number of rotatable bonds is 3. The van der Waals surface area contributed by atoms with Crippen LogP contribution in [0.25, 0.3) is 11.2 Å². The zero-order valence-electron chi connectivity index (χ0n) is 14.2. The van der Waals surface area contributed by atoms with Gasteiger partial charge in [-0.05, 0) is 18.4 Å². The molecular formula is C17H22N6O2. The van der Waals surface area contributed by atoms with Crippen molar-refractivity contribution in [2.45, 2.75) is 24.9 Å². The zero-order chi connectivity index (χ0) is 17.4. The van der Waals surface area contributed by atoms with Crippen molar-refractivity contribution in [3.8, 4) is 0 Å². The van der Waals surface area contributed by atoms with E-state index in [1.54, 1.807) is 18.6 Å². The van der Waals surface area contributed by atoms with Gasteiger partial charge in [-0.2, -0.15) is 0 Å². The van der Waals surface area contributed by atoms with Crippen LogP contribution in [0, 0.1) is 5.92 Å². The van der Waals surface area contributed by atoms with Gasteiger partial charge in [0.1, 0.15) is 11.1 Å². The Morgan fingerprint density at radius 2 is 2.04 bits per heavy atom. The molecule has 1 amide bonds.